The van der Waals surface area contributed by atoms with Gasteiger partial charge in [-0.1, -0.05) is 28.1 Å². The molecule has 1 N–H and O–H groups in total. The van der Waals surface area contributed by atoms with Gasteiger partial charge in [-0.15, -0.1) is 0 Å². The number of amides is 1. The molecular formula is C15H20BrNO2. The first-order chi connectivity index (χ1) is 9.17. The lowest BCUT2D eigenvalue weighted by Crippen LogP contribution is -2.42. The van der Waals surface area contributed by atoms with Crippen molar-refractivity contribution in [2.45, 2.75) is 37.7 Å². The van der Waals surface area contributed by atoms with Crippen LogP contribution in [0.1, 0.15) is 31.2 Å². The van der Waals surface area contributed by atoms with E-state index in [1.807, 2.05) is 24.3 Å². The van der Waals surface area contributed by atoms with Crippen LogP contribution in [0.2, 0.25) is 0 Å². The number of methoxy groups -OCH3 is 1. The molecule has 2 rings (SSSR count). The summed E-state index contributed by atoms with van der Waals surface area (Å²) in [5, 5.41) is 3.89. The van der Waals surface area contributed by atoms with Crippen LogP contribution in [0.3, 0.4) is 0 Å². The van der Waals surface area contributed by atoms with E-state index in [4.69, 9.17) is 4.74 Å². The third-order valence-electron chi connectivity index (χ3n) is 3.80. The normalized spacial score (nSPS) is 16.7. The van der Waals surface area contributed by atoms with Gasteiger partial charge in [0, 0.05) is 18.1 Å². The minimum absolute atomic E-state index is 0.0368. The Kier molecular flexibility index (Phi) is 4.99. The van der Waals surface area contributed by atoms with Gasteiger partial charge in [0.2, 0.25) is 5.91 Å². The van der Waals surface area contributed by atoms with E-state index in [1.54, 1.807) is 7.11 Å². The summed E-state index contributed by atoms with van der Waals surface area (Å²) in [6.45, 7) is 0. The molecule has 0 unspecified atom stereocenters. The van der Waals surface area contributed by atoms with Crippen LogP contribution in [0.25, 0.3) is 0 Å². The number of rotatable bonds is 6. The summed E-state index contributed by atoms with van der Waals surface area (Å²) in [5.74, 6) is 0.0368. The second kappa shape index (κ2) is 6.53. The summed E-state index contributed by atoms with van der Waals surface area (Å²) in [4.78, 5) is 12.0. The molecule has 1 aliphatic rings. The van der Waals surface area contributed by atoms with Crippen molar-refractivity contribution in [3.63, 3.8) is 0 Å². The molecule has 0 spiro atoms. The highest BCUT2D eigenvalue weighted by Crippen LogP contribution is 2.38. The van der Waals surface area contributed by atoms with E-state index in [1.165, 1.54) is 5.56 Å². The molecule has 0 radical (unpaired) electrons. The Bertz CT molecular complexity index is 421. The SMILES string of the molecule is COC1(CC(=O)Nc2ccc(CCBr)cc2)CCC1. The molecule has 4 heteroatoms. The number of hydrogen-bond acceptors (Lipinski definition) is 2. The van der Waals surface area contributed by atoms with E-state index >= 15 is 0 Å². The zero-order chi connectivity index (χ0) is 13.7. The number of hydrogen-bond donors (Lipinski definition) is 1. The number of alkyl halides is 1. The van der Waals surface area contributed by atoms with Gasteiger partial charge >= 0.3 is 0 Å². The summed E-state index contributed by atoms with van der Waals surface area (Å²) in [6.07, 6.45) is 4.58. The zero-order valence-corrected chi connectivity index (χ0v) is 12.8. The van der Waals surface area contributed by atoms with Gasteiger partial charge in [0.15, 0.2) is 0 Å². The molecular weight excluding hydrogens is 306 g/mol. The van der Waals surface area contributed by atoms with Crippen molar-refractivity contribution < 1.29 is 9.53 Å². The highest BCUT2D eigenvalue weighted by molar-refractivity contribution is 9.09. The van der Waals surface area contributed by atoms with E-state index < -0.39 is 0 Å². The number of halogens is 1. The molecule has 0 aromatic heterocycles. The van der Waals surface area contributed by atoms with Crippen LogP contribution in [-0.4, -0.2) is 23.9 Å². The number of anilines is 1. The van der Waals surface area contributed by atoms with Gasteiger partial charge in [-0.2, -0.15) is 0 Å². The zero-order valence-electron chi connectivity index (χ0n) is 11.2. The topological polar surface area (TPSA) is 38.3 Å². The van der Waals surface area contributed by atoms with E-state index in [-0.39, 0.29) is 11.5 Å². The number of aryl methyl sites for hydroxylation is 1. The molecule has 0 atom stereocenters. The fourth-order valence-electron chi connectivity index (χ4n) is 2.39. The van der Waals surface area contributed by atoms with Crippen LogP contribution in [0.4, 0.5) is 5.69 Å². The molecule has 1 aromatic carbocycles. The lowest BCUT2D eigenvalue weighted by molar-refractivity contribution is -0.129. The van der Waals surface area contributed by atoms with Crippen molar-refractivity contribution >= 4 is 27.5 Å². The van der Waals surface area contributed by atoms with Crippen molar-refractivity contribution in [2.24, 2.45) is 0 Å². The van der Waals surface area contributed by atoms with Crippen molar-refractivity contribution in [3.05, 3.63) is 29.8 Å². The van der Waals surface area contributed by atoms with Crippen molar-refractivity contribution in [1.82, 2.24) is 0 Å². The van der Waals surface area contributed by atoms with Crippen molar-refractivity contribution in [1.29, 1.82) is 0 Å². The number of nitrogens with one attached hydrogen (secondary N) is 1. The molecule has 1 fully saturated rings. The van der Waals surface area contributed by atoms with Gasteiger partial charge < -0.3 is 10.1 Å². The molecule has 1 aliphatic carbocycles. The van der Waals surface area contributed by atoms with Gasteiger partial charge in [-0.05, 0) is 43.4 Å². The van der Waals surface area contributed by atoms with Crippen molar-refractivity contribution in [2.75, 3.05) is 17.8 Å². The van der Waals surface area contributed by atoms with Crippen LogP contribution in [0.5, 0.6) is 0 Å². The summed E-state index contributed by atoms with van der Waals surface area (Å²) >= 11 is 3.42. The quantitative estimate of drug-likeness (QED) is 0.812. The Morgan fingerprint density at radius 1 is 1.37 bits per heavy atom. The van der Waals surface area contributed by atoms with Crippen molar-refractivity contribution in [3.8, 4) is 0 Å². The molecule has 0 aliphatic heterocycles. The van der Waals surface area contributed by atoms with E-state index in [0.29, 0.717) is 6.42 Å². The molecule has 0 bridgehead atoms. The van der Waals surface area contributed by atoms with Gasteiger partial charge in [0.25, 0.3) is 0 Å². The Morgan fingerprint density at radius 3 is 2.53 bits per heavy atom. The first-order valence-electron chi connectivity index (χ1n) is 6.67. The van der Waals surface area contributed by atoms with Gasteiger partial charge in [0.05, 0.1) is 12.0 Å². The fraction of sp³-hybridized carbons (Fsp3) is 0.533. The predicted octanol–water partition coefficient (Wildman–Crippen LogP) is 3.52. The minimum atomic E-state index is -0.208. The van der Waals surface area contributed by atoms with E-state index in [9.17, 15) is 4.79 Å². The van der Waals surface area contributed by atoms with Crippen LogP contribution >= 0.6 is 15.9 Å². The third-order valence-corrected chi connectivity index (χ3v) is 4.20. The van der Waals surface area contributed by atoms with Crippen LogP contribution in [0, 0.1) is 0 Å². The average molecular weight is 326 g/mol. The highest BCUT2D eigenvalue weighted by Gasteiger charge is 2.38. The first kappa shape index (κ1) is 14.5. The molecule has 0 saturated heterocycles. The molecule has 1 aromatic rings. The Morgan fingerprint density at radius 2 is 2.05 bits per heavy atom. The Labute approximate surface area is 122 Å². The van der Waals surface area contributed by atoms with Gasteiger partial charge in [-0.3, -0.25) is 4.79 Å². The maximum Gasteiger partial charge on any atom is 0.227 e. The Hall–Kier alpha value is -0.870. The standard InChI is InChI=1S/C15H20BrNO2/c1-19-15(8-2-9-15)11-14(18)17-13-5-3-12(4-6-13)7-10-16/h3-6H,2,7-11H2,1H3,(H,17,18). The summed E-state index contributed by atoms with van der Waals surface area (Å²) < 4.78 is 5.47. The first-order valence-corrected chi connectivity index (χ1v) is 7.79. The highest BCUT2D eigenvalue weighted by atomic mass is 79.9. The molecule has 1 saturated carbocycles. The van der Waals surface area contributed by atoms with Gasteiger partial charge in [0.1, 0.15) is 0 Å². The molecule has 19 heavy (non-hydrogen) atoms. The number of ether oxygens (including phenoxy) is 1. The van der Waals surface area contributed by atoms with Crippen LogP contribution in [-0.2, 0) is 16.0 Å². The predicted molar refractivity (Wildman–Crippen MR) is 80.8 cm³/mol. The minimum Gasteiger partial charge on any atom is -0.378 e. The molecule has 1 amide bonds. The molecule has 0 heterocycles. The number of benzene rings is 1. The number of carbonyl (C=O) groups excluding carboxylic acids is 1. The lowest BCUT2D eigenvalue weighted by atomic mass is 9.77. The average Bonchev–Trinajstić information content (AvgIpc) is 2.37. The molecule has 3 nitrogen and oxygen atoms in total. The summed E-state index contributed by atoms with van der Waals surface area (Å²) in [6, 6.07) is 8.00. The van der Waals surface area contributed by atoms with E-state index in [2.05, 4.69) is 21.2 Å². The monoisotopic (exact) mass is 325 g/mol. The van der Waals surface area contributed by atoms with Crippen LogP contribution in [0.15, 0.2) is 24.3 Å². The summed E-state index contributed by atoms with van der Waals surface area (Å²) in [7, 11) is 1.70. The fourth-order valence-corrected chi connectivity index (χ4v) is 2.84. The van der Waals surface area contributed by atoms with Crippen LogP contribution < -0.4 is 5.32 Å². The molecule has 104 valence electrons. The maximum absolute atomic E-state index is 12.0. The number of carbonyl (C=O) groups is 1. The maximum atomic E-state index is 12.0. The largest absolute Gasteiger partial charge is 0.378 e. The van der Waals surface area contributed by atoms with Gasteiger partial charge in [-0.25, -0.2) is 0 Å². The van der Waals surface area contributed by atoms with E-state index in [0.717, 1.165) is 36.7 Å². The lowest BCUT2D eigenvalue weighted by Gasteiger charge is -2.39. The smallest absolute Gasteiger partial charge is 0.227 e. The Balaban J connectivity index is 1.88. The third kappa shape index (κ3) is 3.80. The second-order valence-corrected chi connectivity index (χ2v) is 5.89. The second-order valence-electron chi connectivity index (χ2n) is 5.10. The summed E-state index contributed by atoms with van der Waals surface area (Å²) in [5.41, 5.74) is 1.91.